The molecule has 5 heteroatoms. The first-order valence-electron chi connectivity index (χ1n) is 2.58. The first kappa shape index (κ1) is 7.65. The van der Waals surface area contributed by atoms with Crippen molar-refractivity contribution >= 4 is 28.7 Å². The second kappa shape index (κ2) is 3.09. The van der Waals surface area contributed by atoms with Crippen LogP contribution in [-0.4, -0.2) is 17.3 Å². The third-order valence-electron chi connectivity index (χ3n) is 0.938. The summed E-state index contributed by atoms with van der Waals surface area (Å²) in [7, 11) is 0. The summed E-state index contributed by atoms with van der Waals surface area (Å²) in [6.07, 6.45) is 1.43. The lowest BCUT2D eigenvalue weighted by molar-refractivity contribution is 0.100. The lowest BCUT2D eigenvalue weighted by atomic mass is 10.4. The minimum atomic E-state index is -0.121. The Morgan fingerprint density at radius 2 is 2.60 bits per heavy atom. The second-order valence-corrected chi connectivity index (χ2v) is 3.22. The first-order chi connectivity index (χ1) is 4.74. The molecule has 0 aliphatic heterocycles. The molecule has 3 nitrogen and oxygen atoms in total. The van der Waals surface area contributed by atoms with Crippen LogP contribution in [0.4, 0.5) is 0 Å². The summed E-state index contributed by atoms with van der Waals surface area (Å²) < 4.78 is 0.372. The highest BCUT2D eigenvalue weighted by Crippen LogP contribution is 2.17. The number of carbonyl (C=O) groups excluding carboxylic acids is 1. The van der Waals surface area contributed by atoms with E-state index in [9.17, 15) is 4.79 Å². The third-order valence-corrected chi connectivity index (χ3v) is 2.09. The van der Waals surface area contributed by atoms with Crippen molar-refractivity contribution in [3.63, 3.8) is 0 Å². The molecule has 0 aromatic carbocycles. The molecular formula is C5H5ClN2OS. The van der Waals surface area contributed by atoms with Gasteiger partial charge >= 0.3 is 0 Å². The maximum absolute atomic E-state index is 10.8. The fourth-order valence-electron chi connectivity index (χ4n) is 0.482. The molecule has 0 aliphatic carbocycles. The monoisotopic (exact) mass is 176 g/mol. The van der Waals surface area contributed by atoms with Crippen molar-refractivity contribution in [3.8, 4) is 0 Å². The van der Waals surface area contributed by atoms with Gasteiger partial charge in [0.05, 0.1) is 17.6 Å². The molecular weight excluding hydrogens is 172 g/mol. The van der Waals surface area contributed by atoms with Gasteiger partial charge in [0.2, 0.25) is 0 Å². The standard InChI is InChI=1S/C5H5ClN2OS/c6-5-8-2-4(10-5)3(9)1-7/h2H,1,7H2. The Morgan fingerprint density at radius 1 is 1.90 bits per heavy atom. The topological polar surface area (TPSA) is 56.0 Å². The van der Waals surface area contributed by atoms with Crippen LogP contribution in [0.3, 0.4) is 0 Å². The summed E-state index contributed by atoms with van der Waals surface area (Å²) in [5, 5.41) is 0. The van der Waals surface area contributed by atoms with Crippen LogP contribution in [0.25, 0.3) is 0 Å². The molecule has 1 heterocycles. The fourth-order valence-corrected chi connectivity index (χ4v) is 1.37. The molecule has 10 heavy (non-hydrogen) atoms. The van der Waals surface area contributed by atoms with Gasteiger partial charge in [0, 0.05) is 0 Å². The predicted molar refractivity (Wildman–Crippen MR) is 40.5 cm³/mol. The van der Waals surface area contributed by atoms with Gasteiger partial charge in [-0.2, -0.15) is 0 Å². The van der Waals surface area contributed by atoms with Crippen LogP contribution in [0, 0.1) is 0 Å². The Labute approximate surface area is 66.8 Å². The second-order valence-electron chi connectivity index (χ2n) is 1.60. The highest BCUT2D eigenvalue weighted by Gasteiger charge is 2.06. The number of ketones is 1. The van der Waals surface area contributed by atoms with Crippen molar-refractivity contribution in [1.82, 2.24) is 4.98 Å². The number of hydrogen-bond acceptors (Lipinski definition) is 4. The summed E-state index contributed by atoms with van der Waals surface area (Å²) >= 11 is 6.62. The lowest BCUT2D eigenvalue weighted by Gasteiger charge is -1.85. The minimum absolute atomic E-state index is 0.0124. The Kier molecular flexibility index (Phi) is 2.37. The number of thiazole rings is 1. The fraction of sp³-hybridized carbons (Fsp3) is 0.200. The number of carbonyl (C=O) groups is 1. The molecule has 0 aliphatic rings. The SMILES string of the molecule is NCC(=O)c1cnc(Cl)s1. The normalized spacial score (nSPS) is 9.80. The summed E-state index contributed by atoms with van der Waals surface area (Å²) in [6.45, 7) is 0.0124. The van der Waals surface area contributed by atoms with E-state index in [0.29, 0.717) is 9.34 Å². The predicted octanol–water partition coefficient (Wildman–Crippen LogP) is 0.938. The summed E-state index contributed by atoms with van der Waals surface area (Å²) in [4.78, 5) is 15.0. The van der Waals surface area contributed by atoms with Crippen molar-refractivity contribution in [1.29, 1.82) is 0 Å². The molecule has 0 saturated heterocycles. The summed E-state index contributed by atoms with van der Waals surface area (Å²) in [5.74, 6) is -0.121. The molecule has 0 radical (unpaired) electrons. The zero-order valence-electron chi connectivity index (χ0n) is 5.00. The molecule has 1 rings (SSSR count). The number of nitrogens with zero attached hydrogens (tertiary/aromatic N) is 1. The van der Waals surface area contributed by atoms with Gasteiger partial charge in [-0.3, -0.25) is 4.79 Å². The maximum atomic E-state index is 10.8. The first-order valence-corrected chi connectivity index (χ1v) is 3.78. The number of rotatable bonds is 2. The van der Waals surface area contributed by atoms with Gasteiger partial charge in [-0.05, 0) is 0 Å². The number of halogens is 1. The van der Waals surface area contributed by atoms with Gasteiger partial charge < -0.3 is 5.73 Å². The van der Waals surface area contributed by atoms with E-state index in [1.165, 1.54) is 6.20 Å². The molecule has 0 spiro atoms. The van der Waals surface area contributed by atoms with Gasteiger partial charge in [0.1, 0.15) is 0 Å². The van der Waals surface area contributed by atoms with Gasteiger partial charge in [-0.25, -0.2) is 4.98 Å². The lowest BCUT2D eigenvalue weighted by Crippen LogP contribution is -2.11. The number of hydrogen-bond donors (Lipinski definition) is 1. The van der Waals surface area contributed by atoms with E-state index in [-0.39, 0.29) is 12.3 Å². The quantitative estimate of drug-likeness (QED) is 0.683. The minimum Gasteiger partial charge on any atom is -0.324 e. The van der Waals surface area contributed by atoms with Crippen molar-refractivity contribution < 1.29 is 4.79 Å². The van der Waals surface area contributed by atoms with Crippen LogP contribution in [0.5, 0.6) is 0 Å². The van der Waals surface area contributed by atoms with Gasteiger partial charge in [-0.1, -0.05) is 22.9 Å². The Balaban J connectivity index is 2.85. The van der Waals surface area contributed by atoms with E-state index in [2.05, 4.69) is 4.98 Å². The van der Waals surface area contributed by atoms with Gasteiger partial charge in [0.25, 0.3) is 0 Å². The van der Waals surface area contributed by atoms with Crippen molar-refractivity contribution in [2.24, 2.45) is 5.73 Å². The number of Topliss-reactive ketones (excluding diaryl/α,β-unsaturated/α-hetero) is 1. The zero-order chi connectivity index (χ0) is 7.56. The van der Waals surface area contributed by atoms with Gasteiger partial charge in [-0.15, -0.1) is 0 Å². The highest BCUT2D eigenvalue weighted by molar-refractivity contribution is 7.17. The van der Waals surface area contributed by atoms with E-state index in [0.717, 1.165) is 11.3 Å². The molecule has 0 saturated carbocycles. The Morgan fingerprint density at radius 3 is 3.00 bits per heavy atom. The molecule has 0 bridgehead atoms. The van der Waals surface area contributed by atoms with Crippen LogP contribution < -0.4 is 5.73 Å². The van der Waals surface area contributed by atoms with E-state index in [4.69, 9.17) is 17.3 Å². The Hall–Kier alpha value is -0.450. The van der Waals surface area contributed by atoms with Crippen LogP contribution in [0.2, 0.25) is 4.47 Å². The van der Waals surface area contributed by atoms with E-state index in [1.807, 2.05) is 0 Å². The van der Waals surface area contributed by atoms with Crippen LogP contribution in [0.15, 0.2) is 6.20 Å². The largest absolute Gasteiger partial charge is 0.324 e. The molecule has 0 amide bonds. The number of nitrogens with two attached hydrogens (primary N) is 1. The van der Waals surface area contributed by atoms with E-state index < -0.39 is 0 Å². The molecule has 1 aromatic rings. The van der Waals surface area contributed by atoms with E-state index in [1.54, 1.807) is 0 Å². The molecule has 2 N–H and O–H groups in total. The van der Waals surface area contributed by atoms with Crippen LogP contribution >= 0.6 is 22.9 Å². The third kappa shape index (κ3) is 1.53. The van der Waals surface area contributed by atoms with Crippen LogP contribution in [-0.2, 0) is 0 Å². The van der Waals surface area contributed by atoms with Crippen molar-refractivity contribution in [3.05, 3.63) is 15.5 Å². The molecule has 54 valence electrons. The molecule has 1 aromatic heterocycles. The van der Waals surface area contributed by atoms with Crippen molar-refractivity contribution in [2.75, 3.05) is 6.54 Å². The smallest absolute Gasteiger partial charge is 0.187 e. The average molecular weight is 177 g/mol. The average Bonchev–Trinajstić information content (AvgIpc) is 2.34. The van der Waals surface area contributed by atoms with E-state index >= 15 is 0 Å². The zero-order valence-corrected chi connectivity index (χ0v) is 6.58. The summed E-state index contributed by atoms with van der Waals surface area (Å²) in [5.41, 5.74) is 5.10. The number of aromatic nitrogens is 1. The summed E-state index contributed by atoms with van der Waals surface area (Å²) in [6, 6.07) is 0. The molecule has 0 unspecified atom stereocenters. The van der Waals surface area contributed by atoms with Crippen molar-refractivity contribution in [2.45, 2.75) is 0 Å². The highest BCUT2D eigenvalue weighted by atomic mass is 35.5. The maximum Gasteiger partial charge on any atom is 0.187 e. The van der Waals surface area contributed by atoms with Gasteiger partial charge in [0.15, 0.2) is 10.3 Å². The Bertz CT molecular complexity index is 248. The molecule has 0 fully saturated rings. The van der Waals surface area contributed by atoms with Crippen LogP contribution in [0.1, 0.15) is 9.67 Å². The molecule has 0 atom stereocenters.